The number of fused-ring (bicyclic) bond motifs is 1. The fourth-order valence-electron chi connectivity index (χ4n) is 3.11. The minimum Gasteiger partial charge on any atom is -0.489 e. The zero-order valence-electron chi connectivity index (χ0n) is 12.7. The van der Waals surface area contributed by atoms with Crippen molar-refractivity contribution in [3.05, 3.63) is 51.8 Å². The van der Waals surface area contributed by atoms with Gasteiger partial charge in [0.15, 0.2) is 5.75 Å². The molecule has 1 heterocycles. The van der Waals surface area contributed by atoms with E-state index in [1.165, 1.54) is 12.4 Å². The molecule has 4 nitrogen and oxygen atoms in total. The third kappa shape index (κ3) is 3.17. The van der Waals surface area contributed by atoms with Gasteiger partial charge in [-0.1, -0.05) is 11.6 Å². The lowest BCUT2D eigenvalue weighted by Crippen LogP contribution is -2.14. The van der Waals surface area contributed by atoms with Gasteiger partial charge in [0.2, 0.25) is 0 Å². The van der Waals surface area contributed by atoms with Crippen molar-refractivity contribution >= 4 is 23.2 Å². The van der Waals surface area contributed by atoms with Crippen LogP contribution >= 0.6 is 23.2 Å². The zero-order valence-corrected chi connectivity index (χ0v) is 14.2. The van der Waals surface area contributed by atoms with Gasteiger partial charge >= 0.3 is 6.08 Å². The molecular formula is C17H14Cl2FN3O. The average Bonchev–Trinajstić information content (AvgIpc) is 2.61. The van der Waals surface area contributed by atoms with Crippen LogP contribution in [0.15, 0.2) is 18.5 Å². The maximum absolute atomic E-state index is 13.0. The monoisotopic (exact) mass is 365 g/mol. The largest absolute Gasteiger partial charge is 0.489 e. The molecule has 124 valence electrons. The van der Waals surface area contributed by atoms with Gasteiger partial charge in [-0.15, -0.1) is 11.6 Å². The van der Waals surface area contributed by atoms with Gasteiger partial charge in [-0.05, 0) is 42.0 Å². The van der Waals surface area contributed by atoms with E-state index in [2.05, 4.69) is 16.0 Å². The molecule has 1 aliphatic rings. The number of ether oxygens (including phenoxy) is 1. The summed E-state index contributed by atoms with van der Waals surface area (Å²) in [6, 6.07) is 3.94. The predicted octanol–water partition coefficient (Wildman–Crippen LogP) is 4.23. The Kier molecular flexibility index (Phi) is 5.17. The number of alkyl halides is 1. The summed E-state index contributed by atoms with van der Waals surface area (Å²) >= 11 is 12.2. The van der Waals surface area contributed by atoms with Crippen molar-refractivity contribution in [2.75, 3.05) is 12.5 Å². The third-order valence-electron chi connectivity index (χ3n) is 4.14. The van der Waals surface area contributed by atoms with E-state index in [4.69, 9.17) is 27.9 Å². The molecule has 0 fully saturated rings. The fourth-order valence-corrected chi connectivity index (χ4v) is 3.54. The Morgan fingerprint density at radius 1 is 1.38 bits per heavy atom. The highest BCUT2D eigenvalue weighted by molar-refractivity contribution is 6.33. The van der Waals surface area contributed by atoms with Crippen LogP contribution in [0.5, 0.6) is 5.75 Å². The van der Waals surface area contributed by atoms with Gasteiger partial charge in [0.1, 0.15) is 12.7 Å². The van der Waals surface area contributed by atoms with Crippen molar-refractivity contribution in [2.24, 2.45) is 0 Å². The standard InChI is InChI=1S/C17H14Cl2FN3O/c18-4-5-24-16-10(7-21)6-14-12(2-1-3-13(14)15(16)19)11-8-22-17(20)23-9-11/h6,8-9,12H,1-5H2. The van der Waals surface area contributed by atoms with Crippen LogP contribution < -0.4 is 4.74 Å². The molecular weight excluding hydrogens is 352 g/mol. The van der Waals surface area contributed by atoms with Crippen molar-refractivity contribution in [3.63, 3.8) is 0 Å². The number of hydrogen-bond donors (Lipinski definition) is 0. The Morgan fingerprint density at radius 2 is 2.12 bits per heavy atom. The number of nitrogens with zero attached hydrogens (tertiary/aromatic N) is 3. The highest BCUT2D eigenvalue weighted by Crippen LogP contribution is 2.44. The number of nitriles is 1. The van der Waals surface area contributed by atoms with E-state index in [9.17, 15) is 9.65 Å². The molecule has 0 radical (unpaired) electrons. The molecule has 7 heteroatoms. The van der Waals surface area contributed by atoms with Crippen molar-refractivity contribution in [3.8, 4) is 11.8 Å². The van der Waals surface area contributed by atoms with Crippen LogP contribution in [-0.2, 0) is 6.42 Å². The van der Waals surface area contributed by atoms with Gasteiger partial charge in [-0.3, -0.25) is 0 Å². The molecule has 0 spiro atoms. The molecule has 0 saturated carbocycles. The van der Waals surface area contributed by atoms with E-state index in [1.807, 2.05) is 0 Å². The number of halogens is 3. The van der Waals surface area contributed by atoms with Crippen molar-refractivity contribution < 1.29 is 9.13 Å². The molecule has 1 aromatic carbocycles. The predicted molar refractivity (Wildman–Crippen MR) is 89.2 cm³/mol. The van der Waals surface area contributed by atoms with Crippen LogP contribution in [0.25, 0.3) is 0 Å². The fraction of sp³-hybridized carbons (Fsp3) is 0.353. The first-order chi connectivity index (χ1) is 11.7. The van der Waals surface area contributed by atoms with Crippen LogP contribution in [0.3, 0.4) is 0 Å². The Bertz CT molecular complexity index is 790. The maximum Gasteiger partial charge on any atom is 0.308 e. The number of benzene rings is 1. The average molecular weight is 366 g/mol. The maximum atomic E-state index is 13.0. The summed E-state index contributed by atoms with van der Waals surface area (Å²) < 4.78 is 18.6. The van der Waals surface area contributed by atoms with Crippen LogP contribution in [0, 0.1) is 17.4 Å². The number of aromatic nitrogens is 2. The summed E-state index contributed by atoms with van der Waals surface area (Å²) in [5, 5.41) is 9.90. The van der Waals surface area contributed by atoms with Crippen LogP contribution in [0.4, 0.5) is 4.39 Å². The molecule has 0 aliphatic heterocycles. The van der Waals surface area contributed by atoms with Crippen LogP contribution in [0.2, 0.25) is 5.02 Å². The van der Waals surface area contributed by atoms with Gasteiger partial charge in [0, 0.05) is 18.3 Å². The van der Waals surface area contributed by atoms with Crippen molar-refractivity contribution in [2.45, 2.75) is 25.2 Å². The topological polar surface area (TPSA) is 58.8 Å². The first-order valence-corrected chi connectivity index (χ1v) is 8.48. The van der Waals surface area contributed by atoms with E-state index in [0.717, 1.165) is 36.0 Å². The van der Waals surface area contributed by atoms with Crippen LogP contribution in [-0.4, -0.2) is 22.5 Å². The second-order valence-electron chi connectivity index (χ2n) is 5.51. The molecule has 1 atom stereocenters. The number of rotatable bonds is 4. The molecule has 1 unspecified atom stereocenters. The summed E-state index contributed by atoms with van der Waals surface area (Å²) in [5.74, 6) is 0.684. The highest BCUT2D eigenvalue weighted by atomic mass is 35.5. The van der Waals surface area contributed by atoms with Crippen molar-refractivity contribution in [1.29, 1.82) is 5.26 Å². The van der Waals surface area contributed by atoms with Crippen molar-refractivity contribution in [1.82, 2.24) is 9.97 Å². The summed E-state index contributed by atoms with van der Waals surface area (Å²) in [7, 11) is 0. The molecule has 1 aliphatic carbocycles. The second-order valence-corrected chi connectivity index (χ2v) is 6.27. The van der Waals surface area contributed by atoms with E-state index in [0.29, 0.717) is 22.2 Å². The summed E-state index contributed by atoms with van der Waals surface area (Å²) in [5.41, 5.74) is 3.10. The SMILES string of the molecule is N#Cc1cc2c(c(Cl)c1OCCCl)CCCC2c1cnc(F)nc1. The molecule has 0 amide bonds. The molecule has 3 rings (SSSR count). The first kappa shape index (κ1) is 16.9. The minimum atomic E-state index is -0.754. The molecule has 0 N–H and O–H groups in total. The lowest BCUT2D eigenvalue weighted by molar-refractivity contribution is 0.341. The van der Waals surface area contributed by atoms with Crippen LogP contribution in [0.1, 0.15) is 41.0 Å². The van der Waals surface area contributed by atoms with E-state index in [1.54, 1.807) is 6.07 Å². The lowest BCUT2D eigenvalue weighted by Gasteiger charge is -2.27. The molecule has 2 aromatic rings. The zero-order chi connectivity index (χ0) is 17.1. The van der Waals surface area contributed by atoms with E-state index < -0.39 is 6.08 Å². The molecule has 0 saturated heterocycles. The van der Waals surface area contributed by atoms with Gasteiger partial charge in [-0.2, -0.15) is 9.65 Å². The first-order valence-electron chi connectivity index (χ1n) is 7.57. The van der Waals surface area contributed by atoms with Gasteiger partial charge in [-0.25, -0.2) is 9.97 Å². The molecule has 24 heavy (non-hydrogen) atoms. The molecule has 1 aromatic heterocycles. The van der Waals surface area contributed by atoms with Gasteiger partial charge in [0.25, 0.3) is 0 Å². The third-order valence-corrected chi connectivity index (χ3v) is 4.69. The number of hydrogen-bond acceptors (Lipinski definition) is 4. The lowest BCUT2D eigenvalue weighted by atomic mass is 9.79. The Labute approximate surface area is 149 Å². The normalized spacial score (nSPS) is 16.3. The van der Waals surface area contributed by atoms with Gasteiger partial charge < -0.3 is 4.74 Å². The van der Waals surface area contributed by atoms with Gasteiger partial charge in [0.05, 0.1) is 16.5 Å². The Balaban J connectivity index is 2.09. The summed E-state index contributed by atoms with van der Waals surface area (Å²) in [4.78, 5) is 7.27. The molecule has 0 bridgehead atoms. The minimum absolute atomic E-state index is 0.0129. The second kappa shape index (κ2) is 7.33. The quantitative estimate of drug-likeness (QED) is 0.600. The Morgan fingerprint density at radius 3 is 2.79 bits per heavy atom. The summed E-state index contributed by atoms with van der Waals surface area (Å²) in [6.07, 6.45) is 4.81. The Hall–Kier alpha value is -1.90. The van der Waals surface area contributed by atoms with E-state index >= 15 is 0 Å². The highest BCUT2D eigenvalue weighted by Gasteiger charge is 2.28. The summed E-state index contributed by atoms with van der Waals surface area (Å²) in [6.45, 7) is 0.282. The van der Waals surface area contributed by atoms with E-state index in [-0.39, 0.29) is 12.5 Å². The smallest absolute Gasteiger partial charge is 0.308 e.